The Morgan fingerprint density at radius 1 is 1.19 bits per heavy atom. The van der Waals surface area contributed by atoms with E-state index in [2.05, 4.69) is 0 Å². The first-order valence-electron chi connectivity index (χ1n) is 9.09. The zero-order valence-corrected chi connectivity index (χ0v) is 17.1. The number of ketones is 2. The monoisotopic (exact) mass is 360 g/mol. The molecule has 4 heteroatoms. The summed E-state index contributed by atoms with van der Waals surface area (Å²) < 4.78 is 5.62. The third kappa shape index (κ3) is 5.28. The number of allylic oxidation sites excluding steroid dienone is 4. The average molecular weight is 360 g/mol. The average Bonchev–Trinajstić information content (AvgIpc) is 2.52. The molecule has 1 aliphatic rings. The number of carbonyl (C=O) groups is 2. The Balaban J connectivity index is 3.50. The molecule has 0 aromatic rings. The SMILES string of the molecule is CO[C@@]1(CC=C(C)C)C=C(CC=C(C)C)C(O)=C(C(=O)CC(C)C)C1=O. The number of rotatable bonds is 8. The lowest BCUT2D eigenvalue weighted by molar-refractivity contribution is -0.134. The van der Waals surface area contributed by atoms with Crippen molar-refractivity contribution in [1.82, 2.24) is 0 Å². The number of hydrogen-bond donors (Lipinski definition) is 1. The molecule has 0 aliphatic heterocycles. The zero-order valence-electron chi connectivity index (χ0n) is 17.1. The predicted octanol–water partition coefficient (Wildman–Crippen LogP) is 5.02. The van der Waals surface area contributed by atoms with E-state index in [1.165, 1.54) is 7.11 Å². The molecule has 0 spiro atoms. The van der Waals surface area contributed by atoms with Crippen LogP contribution in [0.2, 0.25) is 0 Å². The van der Waals surface area contributed by atoms with Gasteiger partial charge < -0.3 is 9.84 Å². The lowest BCUT2D eigenvalue weighted by Gasteiger charge is -2.32. The van der Waals surface area contributed by atoms with Gasteiger partial charge in [-0.2, -0.15) is 0 Å². The normalized spacial score (nSPS) is 20.2. The molecule has 1 N–H and O–H groups in total. The maximum atomic E-state index is 13.2. The maximum absolute atomic E-state index is 13.2. The summed E-state index contributed by atoms with van der Waals surface area (Å²) in [6, 6.07) is 0. The molecule has 0 aromatic carbocycles. The first kappa shape index (κ1) is 22.1. The fourth-order valence-corrected chi connectivity index (χ4v) is 2.84. The van der Waals surface area contributed by atoms with Crippen molar-refractivity contribution < 1.29 is 19.4 Å². The molecule has 1 aliphatic carbocycles. The molecule has 0 unspecified atom stereocenters. The van der Waals surface area contributed by atoms with Crippen molar-refractivity contribution >= 4 is 11.6 Å². The number of aliphatic hydroxyl groups is 1. The number of ether oxygens (including phenoxy) is 1. The van der Waals surface area contributed by atoms with Gasteiger partial charge in [-0.1, -0.05) is 37.1 Å². The Labute approximate surface area is 157 Å². The molecule has 0 heterocycles. The van der Waals surface area contributed by atoms with Crippen molar-refractivity contribution in [3.63, 3.8) is 0 Å². The molecule has 0 radical (unpaired) electrons. The van der Waals surface area contributed by atoms with E-state index >= 15 is 0 Å². The van der Waals surface area contributed by atoms with E-state index in [-0.39, 0.29) is 29.5 Å². The van der Waals surface area contributed by atoms with E-state index < -0.39 is 11.4 Å². The summed E-state index contributed by atoms with van der Waals surface area (Å²) in [5, 5.41) is 10.7. The molecular formula is C22H32O4. The second-order valence-electron chi connectivity index (χ2n) is 7.81. The van der Waals surface area contributed by atoms with E-state index in [1.54, 1.807) is 6.08 Å². The van der Waals surface area contributed by atoms with Crippen LogP contribution < -0.4 is 0 Å². The van der Waals surface area contributed by atoms with Crippen LogP contribution in [0, 0.1) is 5.92 Å². The molecule has 0 bridgehead atoms. The molecule has 0 saturated carbocycles. The quantitative estimate of drug-likeness (QED) is 0.487. The van der Waals surface area contributed by atoms with Crippen LogP contribution >= 0.6 is 0 Å². The summed E-state index contributed by atoms with van der Waals surface area (Å²) in [4.78, 5) is 25.9. The highest BCUT2D eigenvalue weighted by molar-refractivity contribution is 6.25. The number of aliphatic hydroxyl groups excluding tert-OH is 1. The fraction of sp³-hybridized carbons (Fsp3) is 0.545. The van der Waals surface area contributed by atoms with Crippen molar-refractivity contribution in [3.8, 4) is 0 Å². The van der Waals surface area contributed by atoms with Crippen molar-refractivity contribution in [2.24, 2.45) is 5.92 Å². The first-order chi connectivity index (χ1) is 12.0. The van der Waals surface area contributed by atoms with Crippen molar-refractivity contribution in [1.29, 1.82) is 0 Å². The Bertz CT molecular complexity index is 681. The summed E-state index contributed by atoms with van der Waals surface area (Å²) in [6.45, 7) is 11.6. The number of Topliss-reactive ketones (excluding diaryl/α,β-unsaturated/α-hetero) is 2. The van der Waals surface area contributed by atoms with Gasteiger partial charge in [0.2, 0.25) is 5.78 Å². The minimum Gasteiger partial charge on any atom is -0.507 e. The van der Waals surface area contributed by atoms with Crippen molar-refractivity contribution in [2.45, 2.75) is 66.4 Å². The van der Waals surface area contributed by atoms with Gasteiger partial charge in [0.25, 0.3) is 0 Å². The number of methoxy groups -OCH3 is 1. The first-order valence-corrected chi connectivity index (χ1v) is 9.09. The third-order valence-electron chi connectivity index (χ3n) is 4.34. The van der Waals surface area contributed by atoms with Crippen LogP contribution in [0.25, 0.3) is 0 Å². The highest BCUT2D eigenvalue weighted by Crippen LogP contribution is 2.36. The Morgan fingerprint density at radius 3 is 2.23 bits per heavy atom. The van der Waals surface area contributed by atoms with Gasteiger partial charge in [-0.05, 0) is 51.7 Å². The molecule has 1 atom stereocenters. The van der Waals surface area contributed by atoms with Crippen LogP contribution in [0.3, 0.4) is 0 Å². The Hall–Kier alpha value is -1.94. The van der Waals surface area contributed by atoms with E-state index in [4.69, 9.17) is 4.74 Å². The van der Waals surface area contributed by atoms with Crippen LogP contribution in [-0.2, 0) is 14.3 Å². The molecule has 26 heavy (non-hydrogen) atoms. The molecule has 144 valence electrons. The van der Waals surface area contributed by atoms with Crippen LogP contribution in [-0.4, -0.2) is 29.4 Å². The van der Waals surface area contributed by atoms with Crippen LogP contribution in [0.4, 0.5) is 0 Å². The molecule has 4 nitrogen and oxygen atoms in total. The second kappa shape index (κ2) is 9.13. The Morgan fingerprint density at radius 2 is 1.77 bits per heavy atom. The van der Waals surface area contributed by atoms with E-state index in [9.17, 15) is 14.7 Å². The van der Waals surface area contributed by atoms with Gasteiger partial charge in [-0.3, -0.25) is 9.59 Å². The second-order valence-corrected chi connectivity index (χ2v) is 7.81. The maximum Gasteiger partial charge on any atom is 0.206 e. The van der Waals surface area contributed by atoms with Gasteiger partial charge in [0, 0.05) is 20.0 Å². The van der Waals surface area contributed by atoms with Gasteiger partial charge in [0.15, 0.2) is 11.4 Å². The van der Waals surface area contributed by atoms with E-state index in [1.807, 2.05) is 53.7 Å². The van der Waals surface area contributed by atoms with Crippen molar-refractivity contribution in [2.75, 3.05) is 7.11 Å². The molecule has 0 saturated heterocycles. The lowest BCUT2D eigenvalue weighted by atomic mass is 9.78. The van der Waals surface area contributed by atoms with E-state index in [0.717, 1.165) is 11.1 Å². The van der Waals surface area contributed by atoms with E-state index in [0.29, 0.717) is 18.4 Å². The molecule has 0 amide bonds. The summed E-state index contributed by atoms with van der Waals surface area (Å²) in [7, 11) is 1.47. The topological polar surface area (TPSA) is 63.6 Å². The number of hydrogen-bond acceptors (Lipinski definition) is 4. The largest absolute Gasteiger partial charge is 0.507 e. The summed E-state index contributed by atoms with van der Waals surface area (Å²) in [5.41, 5.74) is 1.33. The predicted molar refractivity (Wildman–Crippen MR) is 105 cm³/mol. The smallest absolute Gasteiger partial charge is 0.206 e. The van der Waals surface area contributed by atoms with Crippen LogP contribution in [0.15, 0.2) is 46.3 Å². The lowest BCUT2D eigenvalue weighted by Crippen LogP contribution is -2.44. The van der Waals surface area contributed by atoms with Gasteiger partial charge in [-0.15, -0.1) is 0 Å². The summed E-state index contributed by atoms with van der Waals surface area (Å²) >= 11 is 0. The zero-order chi connectivity index (χ0) is 20.1. The summed E-state index contributed by atoms with van der Waals surface area (Å²) in [5.74, 6) is -0.897. The van der Waals surface area contributed by atoms with Crippen LogP contribution in [0.5, 0.6) is 0 Å². The van der Waals surface area contributed by atoms with Gasteiger partial charge in [0.1, 0.15) is 11.3 Å². The third-order valence-corrected chi connectivity index (χ3v) is 4.34. The molecule has 0 aromatic heterocycles. The number of carbonyl (C=O) groups excluding carboxylic acids is 2. The van der Waals surface area contributed by atoms with Crippen LogP contribution in [0.1, 0.15) is 60.8 Å². The highest BCUT2D eigenvalue weighted by Gasteiger charge is 2.45. The van der Waals surface area contributed by atoms with Gasteiger partial charge in [-0.25, -0.2) is 0 Å². The molecule has 1 rings (SSSR count). The Kier molecular flexibility index (Phi) is 7.76. The minimum atomic E-state index is -1.25. The fourth-order valence-electron chi connectivity index (χ4n) is 2.84. The molecular weight excluding hydrogens is 328 g/mol. The van der Waals surface area contributed by atoms with Gasteiger partial charge in [0.05, 0.1) is 0 Å². The minimum absolute atomic E-state index is 0.0949. The highest BCUT2D eigenvalue weighted by atomic mass is 16.5. The molecule has 0 fully saturated rings. The standard InChI is InChI=1S/C22H32O4/c1-14(2)8-9-17-13-22(26-7,11-10-15(3)4)21(25)19(20(17)24)18(23)12-16(5)6/h8,10,13,16,24H,9,11-12H2,1-7H3/t22-/m0/s1. The van der Waals surface area contributed by atoms with Gasteiger partial charge >= 0.3 is 0 Å². The van der Waals surface area contributed by atoms with Crippen molar-refractivity contribution in [3.05, 3.63) is 46.3 Å². The summed E-state index contributed by atoms with van der Waals surface area (Å²) in [6.07, 6.45) is 6.54.